The third-order valence-electron chi connectivity index (χ3n) is 3.60. The Labute approximate surface area is 93.0 Å². The Balaban J connectivity index is 2.49. The van der Waals surface area contributed by atoms with Gasteiger partial charge in [-0.1, -0.05) is 26.2 Å². The molecule has 1 rings (SSSR count). The van der Waals surface area contributed by atoms with Gasteiger partial charge in [-0.2, -0.15) is 0 Å². The molecule has 1 aliphatic rings. The number of nitrogens with zero attached hydrogens (tertiary/aromatic N) is 1. The van der Waals surface area contributed by atoms with Gasteiger partial charge in [-0.05, 0) is 19.3 Å². The van der Waals surface area contributed by atoms with E-state index < -0.39 is 0 Å². The molecule has 1 amide bonds. The number of hydrogen-bond acceptors (Lipinski definition) is 2. The van der Waals surface area contributed by atoms with Gasteiger partial charge in [-0.25, -0.2) is 0 Å². The molecule has 0 aliphatic heterocycles. The fourth-order valence-corrected chi connectivity index (χ4v) is 2.38. The third-order valence-corrected chi connectivity index (χ3v) is 3.60. The maximum absolute atomic E-state index is 12.1. The van der Waals surface area contributed by atoms with Gasteiger partial charge in [-0.15, -0.1) is 0 Å². The van der Waals surface area contributed by atoms with Crippen molar-refractivity contribution < 1.29 is 4.79 Å². The minimum atomic E-state index is 0.0249. The molecule has 0 spiro atoms. The number of rotatable bonds is 4. The van der Waals surface area contributed by atoms with E-state index in [2.05, 4.69) is 0 Å². The number of carbonyl (C=O) groups is 1. The van der Waals surface area contributed by atoms with Crippen LogP contribution >= 0.6 is 0 Å². The number of hydrogen-bond donors (Lipinski definition) is 1. The van der Waals surface area contributed by atoms with Crippen LogP contribution in [0.3, 0.4) is 0 Å². The zero-order valence-electron chi connectivity index (χ0n) is 10.0. The summed E-state index contributed by atoms with van der Waals surface area (Å²) >= 11 is 0. The molecule has 0 heterocycles. The van der Waals surface area contributed by atoms with Gasteiger partial charge in [0.25, 0.3) is 0 Å². The van der Waals surface area contributed by atoms with Gasteiger partial charge < -0.3 is 10.6 Å². The molecule has 1 atom stereocenters. The van der Waals surface area contributed by atoms with E-state index in [1.165, 1.54) is 32.1 Å². The molecule has 0 aromatic carbocycles. The Bertz CT molecular complexity index is 196. The summed E-state index contributed by atoms with van der Waals surface area (Å²) < 4.78 is 0. The lowest BCUT2D eigenvalue weighted by molar-refractivity contribution is -0.136. The Kier molecular flexibility index (Phi) is 5.09. The van der Waals surface area contributed by atoms with E-state index in [1.54, 1.807) is 0 Å². The van der Waals surface area contributed by atoms with Crippen LogP contribution in [0.25, 0.3) is 0 Å². The van der Waals surface area contributed by atoms with E-state index in [9.17, 15) is 4.79 Å². The van der Waals surface area contributed by atoms with Gasteiger partial charge in [0.1, 0.15) is 0 Å². The van der Waals surface area contributed by atoms with Gasteiger partial charge in [0.05, 0.1) is 5.92 Å². The van der Waals surface area contributed by atoms with Crippen molar-refractivity contribution >= 4 is 5.91 Å². The molecule has 1 aliphatic carbocycles. The largest absolute Gasteiger partial charge is 0.342 e. The molecule has 0 saturated heterocycles. The van der Waals surface area contributed by atoms with E-state index >= 15 is 0 Å². The smallest absolute Gasteiger partial charge is 0.226 e. The summed E-state index contributed by atoms with van der Waals surface area (Å²) in [5.74, 6) is 0.267. The number of nitrogens with two attached hydrogens (primary N) is 1. The van der Waals surface area contributed by atoms with Crippen molar-refractivity contribution in [2.24, 2.45) is 11.7 Å². The first-order chi connectivity index (χ1) is 7.20. The normalized spacial score (nSPS) is 19.9. The highest BCUT2D eigenvalue weighted by atomic mass is 16.2. The quantitative estimate of drug-likeness (QED) is 0.772. The second kappa shape index (κ2) is 6.11. The van der Waals surface area contributed by atoms with E-state index in [-0.39, 0.29) is 11.8 Å². The van der Waals surface area contributed by atoms with Crippen molar-refractivity contribution in [3.05, 3.63) is 0 Å². The molecule has 1 fully saturated rings. The predicted molar refractivity (Wildman–Crippen MR) is 62.5 cm³/mol. The molecule has 0 aromatic rings. The summed E-state index contributed by atoms with van der Waals surface area (Å²) in [5, 5.41) is 0. The van der Waals surface area contributed by atoms with Crippen molar-refractivity contribution in [1.82, 2.24) is 4.90 Å². The zero-order chi connectivity index (χ0) is 11.3. The van der Waals surface area contributed by atoms with Crippen LogP contribution < -0.4 is 5.73 Å². The van der Waals surface area contributed by atoms with Crippen LogP contribution in [0.5, 0.6) is 0 Å². The van der Waals surface area contributed by atoms with E-state index in [0.717, 1.165) is 6.42 Å². The Morgan fingerprint density at radius 2 is 2.00 bits per heavy atom. The lowest BCUT2D eigenvalue weighted by atomic mass is 9.93. The van der Waals surface area contributed by atoms with Crippen LogP contribution in [-0.2, 0) is 4.79 Å². The second-order valence-corrected chi connectivity index (χ2v) is 4.58. The fraction of sp³-hybridized carbons (Fsp3) is 0.917. The van der Waals surface area contributed by atoms with Crippen LogP contribution in [0.15, 0.2) is 0 Å². The lowest BCUT2D eigenvalue weighted by Gasteiger charge is -2.33. The molecule has 1 unspecified atom stereocenters. The topological polar surface area (TPSA) is 46.3 Å². The SMILES string of the molecule is CCC(CN)C(=O)N(C)C1CCCCC1. The van der Waals surface area contributed by atoms with Crippen molar-refractivity contribution in [1.29, 1.82) is 0 Å². The molecule has 1 saturated carbocycles. The summed E-state index contributed by atoms with van der Waals surface area (Å²) in [7, 11) is 1.94. The van der Waals surface area contributed by atoms with E-state index in [4.69, 9.17) is 5.73 Å². The third kappa shape index (κ3) is 3.20. The lowest BCUT2D eigenvalue weighted by Crippen LogP contribution is -2.43. The highest BCUT2D eigenvalue weighted by Crippen LogP contribution is 2.23. The highest BCUT2D eigenvalue weighted by molar-refractivity contribution is 5.79. The Morgan fingerprint density at radius 3 is 2.47 bits per heavy atom. The molecular formula is C12H24N2O. The standard InChI is InChI=1S/C12H24N2O/c1-3-10(9-13)12(15)14(2)11-7-5-4-6-8-11/h10-11H,3-9,13H2,1-2H3. The van der Waals surface area contributed by atoms with E-state index in [0.29, 0.717) is 12.6 Å². The molecule has 15 heavy (non-hydrogen) atoms. The molecule has 2 N–H and O–H groups in total. The first kappa shape index (κ1) is 12.5. The monoisotopic (exact) mass is 212 g/mol. The van der Waals surface area contributed by atoms with Crippen LogP contribution in [0, 0.1) is 5.92 Å². The first-order valence-corrected chi connectivity index (χ1v) is 6.17. The van der Waals surface area contributed by atoms with Crippen molar-refractivity contribution in [2.75, 3.05) is 13.6 Å². The number of carbonyl (C=O) groups excluding carboxylic acids is 1. The van der Waals surface area contributed by atoms with E-state index in [1.807, 2.05) is 18.9 Å². The Morgan fingerprint density at radius 1 is 1.40 bits per heavy atom. The second-order valence-electron chi connectivity index (χ2n) is 4.58. The maximum Gasteiger partial charge on any atom is 0.226 e. The van der Waals surface area contributed by atoms with Crippen LogP contribution in [-0.4, -0.2) is 30.4 Å². The van der Waals surface area contributed by atoms with Crippen LogP contribution in [0.2, 0.25) is 0 Å². The molecule has 3 nitrogen and oxygen atoms in total. The van der Waals surface area contributed by atoms with Crippen LogP contribution in [0.1, 0.15) is 45.4 Å². The summed E-state index contributed by atoms with van der Waals surface area (Å²) in [6, 6.07) is 0.465. The average Bonchev–Trinajstić information content (AvgIpc) is 2.30. The summed E-state index contributed by atoms with van der Waals surface area (Å²) in [6.45, 7) is 2.51. The van der Waals surface area contributed by atoms with Gasteiger partial charge in [0.2, 0.25) is 5.91 Å². The number of amides is 1. The predicted octanol–water partition coefficient (Wildman–Crippen LogP) is 1.76. The highest BCUT2D eigenvalue weighted by Gasteiger charge is 2.25. The van der Waals surface area contributed by atoms with Gasteiger partial charge in [-0.3, -0.25) is 4.79 Å². The van der Waals surface area contributed by atoms with Gasteiger partial charge in [0, 0.05) is 19.6 Å². The molecule has 88 valence electrons. The summed E-state index contributed by atoms with van der Waals surface area (Å²) in [6.07, 6.45) is 7.05. The first-order valence-electron chi connectivity index (χ1n) is 6.17. The maximum atomic E-state index is 12.1. The summed E-state index contributed by atoms with van der Waals surface area (Å²) in [4.78, 5) is 14.0. The Hall–Kier alpha value is -0.570. The van der Waals surface area contributed by atoms with Crippen molar-refractivity contribution in [3.63, 3.8) is 0 Å². The fourth-order valence-electron chi connectivity index (χ4n) is 2.38. The van der Waals surface area contributed by atoms with Crippen LogP contribution in [0.4, 0.5) is 0 Å². The zero-order valence-corrected chi connectivity index (χ0v) is 10.0. The van der Waals surface area contributed by atoms with Crippen molar-refractivity contribution in [2.45, 2.75) is 51.5 Å². The molecular weight excluding hydrogens is 188 g/mol. The van der Waals surface area contributed by atoms with Crippen molar-refractivity contribution in [3.8, 4) is 0 Å². The minimum absolute atomic E-state index is 0.0249. The molecule has 0 aromatic heterocycles. The van der Waals surface area contributed by atoms with Gasteiger partial charge >= 0.3 is 0 Å². The molecule has 3 heteroatoms. The molecule has 0 bridgehead atoms. The van der Waals surface area contributed by atoms with Gasteiger partial charge in [0.15, 0.2) is 0 Å². The molecule has 0 radical (unpaired) electrons. The summed E-state index contributed by atoms with van der Waals surface area (Å²) in [5.41, 5.74) is 5.60. The minimum Gasteiger partial charge on any atom is -0.342 e. The average molecular weight is 212 g/mol.